The van der Waals surface area contributed by atoms with Crippen LogP contribution in [0.2, 0.25) is 0 Å². The molecule has 0 radical (unpaired) electrons. The number of para-hydroxylation sites is 1. The molecule has 0 fully saturated rings. The molecule has 0 saturated heterocycles. The van der Waals surface area contributed by atoms with Gasteiger partial charge in [-0.3, -0.25) is 10.5 Å². The Morgan fingerprint density at radius 3 is 2.50 bits per heavy atom. The van der Waals surface area contributed by atoms with Gasteiger partial charge in [0.25, 0.3) is 5.82 Å². The van der Waals surface area contributed by atoms with Crippen LogP contribution in [-0.4, -0.2) is 6.29 Å². The van der Waals surface area contributed by atoms with E-state index < -0.39 is 0 Å². The van der Waals surface area contributed by atoms with Crippen molar-refractivity contribution in [3.05, 3.63) is 65.4 Å². The van der Waals surface area contributed by atoms with Crippen molar-refractivity contribution >= 4 is 22.9 Å². The van der Waals surface area contributed by atoms with Gasteiger partial charge in [-0.1, -0.05) is 35.9 Å². The fourth-order valence-electron chi connectivity index (χ4n) is 2.68. The quantitative estimate of drug-likeness (QED) is 0.582. The van der Waals surface area contributed by atoms with Gasteiger partial charge in [-0.15, -0.1) is 0 Å². The molecule has 0 spiro atoms. The fourth-order valence-corrected chi connectivity index (χ4v) is 2.68. The lowest BCUT2D eigenvalue weighted by Crippen LogP contribution is -2.40. The second-order valence-corrected chi connectivity index (χ2v) is 5.10. The lowest BCUT2D eigenvalue weighted by atomic mass is 10.0. The zero-order chi connectivity index (χ0) is 15.7. The number of aldehydes is 1. The van der Waals surface area contributed by atoms with Crippen molar-refractivity contribution < 1.29 is 9.36 Å². The number of nitriles is 1. The number of carbonyl (C=O) groups is 1. The highest BCUT2D eigenvalue weighted by atomic mass is 16.1. The van der Waals surface area contributed by atoms with Crippen molar-refractivity contribution in [3.63, 3.8) is 0 Å². The first-order valence-electron chi connectivity index (χ1n) is 6.86. The minimum Gasteiger partial charge on any atom is -0.294 e. The van der Waals surface area contributed by atoms with Crippen molar-refractivity contribution in [3.8, 4) is 11.8 Å². The SMILES string of the molecule is Cc1ccc2c(C#N)c(N)[n+](-c3ccccc3)c(C=O)c2c1. The summed E-state index contributed by atoms with van der Waals surface area (Å²) < 4.78 is 1.63. The van der Waals surface area contributed by atoms with Crippen LogP contribution < -0.4 is 10.3 Å². The number of nitrogens with zero attached hydrogens (tertiary/aromatic N) is 2. The first kappa shape index (κ1) is 13.8. The molecule has 4 nitrogen and oxygen atoms in total. The Balaban J connectivity index is 2.54. The zero-order valence-electron chi connectivity index (χ0n) is 12.1. The van der Waals surface area contributed by atoms with Crippen LogP contribution in [0.3, 0.4) is 0 Å². The number of benzene rings is 2. The lowest BCUT2D eigenvalue weighted by Gasteiger charge is -2.11. The van der Waals surface area contributed by atoms with Crippen LogP contribution in [0.1, 0.15) is 21.6 Å². The van der Waals surface area contributed by atoms with Crippen LogP contribution >= 0.6 is 0 Å². The number of fused-ring (bicyclic) bond motifs is 1. The summed E-state index contributed by atoms with van der Waals surface area (Å²) in [4.78, 5) is 11.7. The van der Waals surface area contributed by atoms with Gasteiger partial charge in [-0.25, -0.2) is 0 Å². The molecule has 1 heterocycles. The number of nitrogens with two attached hydrogens (primary N) is 1. The van der Waals surface area contributed by atoms with Crippen LogP contribution in [0.25, 0.3) is 16.5 Å². The molecule has 0 saturated carbocycles. The van der Waals surface area contributed by atoms with Gasteiger partial charge in [-0.05, 0) is 25.1 Å². The maximum Gasteiger partial charge on any atom is 0.296 e. The summed E-state index contributed by atoms with van der Waals surface area (Å²) in [6.45, 7) is 1.95. The van der Waals surface area contributed by atoms with Gasteiger partial charge < -0.3 is 0 Å². The lowest BCUT2D eigenvalue weighted by molar-refractivity contribution is -0.580. The van der Waals surface area contributed by atoms with E-state index in [9.17, 15) is 10.1 Å². The number of hydrogen-bond donors (Lipinski definition) is 1. The molecule has 2 N–H and O–H groups in total. The number of anilines is 1. The summed E-state index contributed by atoms with van der Waals surface area (Å²) in [6, 6.07) is 17.1. The number of carbonyl (C=O) groups excluding carboxylic acids is 1. The molecule has 106 valence electrons. The maximum atomic E-state index is 11.7. The standard InChI is InChI=1S/C18H13N3O/c1-12-7-8-14-15(9-12)17(11-22)21(18(20)16(14)10-19)13-5-3-2-4-6-13/h2-9,11,20H,1H3/p+1. The Kier molecular flexibility index (Phi) is 3.32. The maximum absolute atomic E-state index is 11.7. The fraction of sp³-hybridized carbons (Fsp3) is 0.0556. The second-order valence-electron chi connectivity index (χ2n) is 5.10. The van der Waals surface area contributed by atoms with E-state index in [-0.39, 0.29) is 5.82 Å². The van der Waals surface area contributed by atoms with Crippen LogP contribution in [0.15, 0.2) is 48.5 Å². The van der Waals surface area contributed by atoms with Crippen molar-refractivity contribution in [2.75, 3.05) is 5.73 Å². The molecule has 0 atom stereocenters. The molecule has 2 aromatic carbocycles. The van der Waals surface area contributed by atoms with Gasteiger partial charge in [0.05, 0.1) is 0 Å². The molecule has 1 aromatic heterocycles. The van der Waals surface area contributed by atoms with Gasteiger partial charge in [-0.2, -0.15) is 9.83 Å². The van der Waals surface area contributed by atoms with E-state index in [4.69, 9.17) is 5.73 Å². The van der Waals surface area contributed by atoms with Crippen molar-refractivity contribution in [2.24, 2.45) is 0 Å². The molecule has 4 heteroatoms. The average Bonchev–Trinajstić information content (AvgIpc) is 2.54. The highest BCUT2D eigenvalue weighted by Crippen LogP contribution is 2.25. The first-order valence-corrected chi connectivity index (χ1v) is 6.86. The number of pyridine rings is 1. The predicted molar refractivity (Wildman–Crippen MR) is 84.7 cm³/mol. The predicted octanol–water partition coefficient (Wildman–Crippen LogP) is 2.69. The average molecular weight is 288 g/mol. The summed E-state index contributed by atoms with van der Waals surface area (Å²) in [5.41, 5.74) is 8.78. The summed E-state index contributed by atoms with van der Waals surface area (Å²) in [6.07, 6.45) is 0.784. The van der Waals surface area contributed by atoms with E-state index in [1.807, 2.05) is 55.5 Å². The Hall–Kier alpha value is -3.19. The Bertz CT molecular complexity index is 925. The highest BCUT2D eigenvalue weighted by molar-refractivity contribution is 5.99. The van der Waals surface area contributed by atoms with E-state index in [0.29, 0.717) is 16.6 Å². The third-order valence-electron chi connectivity index (χ3n) is 3.70. The normalized spacial score (nSPS) is 10.4. The molecular weight excluding hydrogens is 274 g/mol. The van der Waals surface area contributed by atoms with E-state index >= 15 is 0 Å². The van der Waals surface area contributed by atoms with Crippen LogP contribution in [0.4, 0.5) is 5.82 Å². The van der Waals surface area contributed by atoms with Gasteiger partial charge >= 0.3 is 0 Å². The minimum atomic E-state index is 0.271. The third-order valence-corrected chi connectivity index (χ3v) is 3.70. The molecule has 0 aliphatic rings. The summed E-state index contributed by atoms with van der Waals surface area (Å²) >= 11 is 0. The monoisotopic (exact) mass is 288 g/mol. The molecule has 3 aromatic rings. The molecule has 0 aliphatic heterocycles. The van der Waals surface area contributed by atoms with Gasteiger partial charge in [0.15, 0.2) is 12.0 Å². The van der Waals surface area contributed by atoms with Crippen LogP contribution in [-0.2, 0) is 0 Å². The summed E-state index contributed by atoms with van der Waals surface area (Å²) in [5, 5.41) is 10.9. The highest BCUT2D eigenvalue weighted by Gasteiger charge is 2.23. The Morgan fingerprint density at radius 1 is 1.14 bits per heavy atom. The number of hydrogen-bond acceptors (Lipinski definition) is 3. The molecule has 0 bridgehead atoms. The number of aromatic nitrogens is 1. The van der Waals surface area contributed by atoms with Crippen LogP contribution in [0.5, 0.6) is 0 Å². The Morgan fingerprint density at radius 2 is 1.86 bits per heavy atom. The van der Waals surface area contributed by atoms with E-state index in [0.717, 1.165) is 22.9 Å². The van der Waals surface area contributed by atoms with Gasteiger partial charge in [0.1, 0.15) is 17.3 Å². The molecule has 0 aliphatic carbocycles. The topological polar surface area (TPSA) is 70.8 Å². The zero-order valence-corrected chi connectivity index (χ0v) is 12.1. The molecule has 3 rings (SSSR count). The van der Waals surface area contributed by atoms with Crippen LogP contribution in [0, 0.1) is 18.3 Å². The molecule has 22 heavy (non-hydrogen) atoms. The van der Waals surface area contributed by atoms with E-state index in [1.165, 1.54) is 0 Å². The van der Waals surface area contributed by atoms with Crippen molar-refractivity contribution in [1.82, 2.24) is 0 Å². The van der Waals surface area contributed by atoms with E-state index in [1.54, 1.807) is 4.57 Å². The minimum absolute atomic E-state index is 0.271. The first-order chi connectivity index (χ1) is 10.7. The third kappa shape index (κ3) is 2.00. The number of aryl methyl sites for hydroxylation is 1. The smallest absolute Gasteiger partial charge is 0.294 e. The number of rotatable bonds is 2. The van der Waals surface area contributed by atoms with Gasteiger partial charge in [0.2, 0.25) is 0 Å². The largest absolute Gasteiger partial charge is 0.296 e. The molecular formula is C18H14N3O+. The summed E-state index contributed by atoms with van der Waals surface area (Å²) in [5.74, 6) is 0.271. The Labute approximate surface area is 128 Å². The number of nitrogen functional groups attached to an aromatic ring is 1. The molecule has 0 unspecified atom stereocenters. The van der Waals surface area contributed by atoms with Crippen molar-refractivity contribution in [1.29, 1.82) is 5.26 Å². The van der Waals surface area contributed by atoms with Gasteiger partial charge in [0, 0.05) is 10.8 Å². The van der Waals surface area contributed by atoms with E-state index in [2.05, 4.69) is 6.07 Å². The summed E-state index contributed by atoms with van der Waals surface area (Å²) in [7, 11) is 0. The van der Waals surface area contributed by atoms with Crippen molar-refractivity contribution in [2.45, 2.75) is 6.92 Å². The second kappa shape index (κ2) is 5.30. The molecule has 0 amide bonds.